The van der Waals surface area contributed by atoms with E-state index in [1.165, 1.54) is 0 Å². The van der Waals surface area contributed by atoms with Gasteiger partial charge in [0.2, 0.25) is 0 Å². The molecule has 0 aromatic rings. The predicted molar refractivity (Wildman–Crippen MR) is 50.7 cm³/mol. The summed E-state index contributed by atoms with van der Waals surface area (Å²) in [5.41, 5.74) is 0. The highest BCUT2D eigenvalue weighted by Crippen LogP contribution is 2.10. The van der Waals surface area contributed by atoms with Crippen LogP contribution in [-0.4, -0.2) is 37.6 Å². The van der Waals surface area contributed by atoms with E-state index >= 15 is 0 Å². The molecular weight excluding hydrogens is 184 g/mol. The maximum atomic E-state index is 11.1. The molecule has 2 N–H and O–H groups in total. The van der Waals surface area contributed by atoms with Crippen LogP contribution in [-0.2, 0) is 14.3 Å². The van der Waals surface area contributed by atoms with E-state index in [4.69, 9.17) is 4.74 Å². The van der Waals surface area contributed by atoms with Crippen LogP contribution in [0.15, 0.2) is 0 Å². The van der Waals surface area contributed by atoms with Crippen LogP contribution >= 0.6 is 0 Å². The van der Waals surface area contributed by atoms with E-state index in [0.29, 0.717) is 13.1 Å². The molecule has 1 rings (SSSR count). The molecule has 0 bridgehead atoms. The zero-order valence-corrected chi connectivity index (χ0v) is 8.34. The summed E-state index contributed by atoms with van der Waals surface area (Å²) in [4.78, 5) is 22.1. The molecule has 0 spiro atoms. The Hall–Kier alpha value is -1.10. The van der Waals surface area contributed by atoms with Crippen LogP contribution in [0, 0.1) is 0 Å². The summed E-state index contributed by atoms with van der Waals surface area (Å²) >= 11 is 0. The average Bonchev–Trinajstić information content (AvgIpc) is 2.67. The van der Waals surface area contributed by atoms with Gasteiger partial charge in [-0.15, -0.1) is 0 Å². The first kappa shape index (κ1) is 11.0. The van der Waals surface area contributed by atoms with Crippen LogP contribution in [0.4, 0.5) is 0 Å². The Kier molecular flexibility index (Phi) is 4.39. The van der Waals surface area contributed by atoms with Gasteiger partial charge in [0.15, 0.2) is 0 Å². The third kappa shape index (κ3) is 3.33. The molecular formula is C9H16N2O3. The second-order valence-electron chi connectivity index (χ2n) is 3.20. The van der Waals surface area contributed by atoms with Crippen molar-refractivity contribution in [3.63, 3.8) is 0 Å². The molecule has 80 valence electrons. The van der Waals surface area contributed by atoms with Gasteiger partial charge >= 0.3 is 11.8 Å². The topological polar surface area (TPSA) is 67.4 Å². The molecule has 0 saturated carbocycles. The minimum Gasteiger partial charge on any atom is -0.376 e. The van der Waals surface area contributed by atoms with Gasteiger partial charge in [0, 0.05) is 19.7 Å². The lowest BCUT2D eigenvalue weighted by Crippen LogP contribution is -2.42. The van der Waals surface area contributed by atoms with E-state index in [0.717, 1.165) is 19.4 Å². The SMILES string of the molecule is CCNC(=O)C(=O)NC[C@H]1CCCO1. The molecule has 1 aliphatic rings. The van der Waals surface area contributed by atoms with E-state index in [2.05, 4.69) is 10.6 Å². The maximum Gasteiger partial charge on any atom is 0.309 e. The van der Waals surface area contributed by atoms with Crippen molar-refractivity contribution < 1.29 is 14.3 Å². The molecule has 0 aromatic carbocycles. The maximum absolute atomic E-state index is 11.1. The zero-order valence-electron chi connectivity index (χ0n) is 8.34. The molecule has 0 radical (unpaired) electrons. The van der Waals surface area contributed by atoms with Gasteiger partial charge in [-0.05, 0) is 19.8 Å². The van der Waals surface area contributed by atoms with E-state index in [1.54, 1.807) is 6.92 Å². The Morgan fingerprint density at radius 2 is 2.07 bits per heavy atom. The highest BCUT2D eigenvalue weighted by atomic mass is 16.5. The number of rotatable bonds is 3. The third-order valence-electron chi connectivity index (χ3n) is 2.06. The second kappa shape index (κ2) is 5.59. The number of hydrogen-bond acceptors (Lipinski definition) is 3. The second-order valence-corrected chi connectivity index (χ2v) is 3.20. The molecule has 2 amide bonds. The highest BCUT2D eigenvalue weighted by Gasteiger charge is 2.18. The molecule has 1 heterocycles. The normalized spacial score (nSPS) is 20.5. The molecule has 5 heteroatoms. The fourth-order valence-corrected chi connectivity index (χ4v) is 1.33. The van der Waals surface area contributed by atoms with Crippen LogP contribution in [0.1, 0.15) is 19.8 Å². The first-order valence-corrected chi connectivity index (χ1v) is 4.91. The molecule has 0 unspecified atom stereocenters. The van der Waals surface area contributed by atoms with Gasteiger partial charge in [0.1, 0.15) is 0 Å². The van der Waals surface area contributed by atoms with Gasteiger partial charge in [0.05, 0.1) is 6.10 Å². The fraction of sp³-hybridized carbons (Fsp3) is 0.778. The summed E-state index contributed by atoms with van der Waals surface area (Å²) in [6.45, 7) is 3.41. The van der Waals surface area contributed by atoms with Crippen molar-refractivity contribution in [1.82, 2.24) is 10.6 Å². The standard InChI is InChI=1S/C9H16N2O3/c1-2-10-8(12)9(13)11-6-7-4-3-5-14-7/h7H,2-6H2,1H3,(H,10,12)(H,11,13)/t7-/m1/s1. The minimum absolute atomic E-state index is 0.0772. The van der Waals surface area contributed by atoms with E-state index in [1.807, 2.05) is 0 Å². The first-order valence-electron chi connectivity index (χ1n) is 4.91. The average molecular weight is 200 g/mol. The molecule has 1 atom stereocenters. The largest absolute Gasteiger partial charge is 0.376 e. The Morgan fingerprint density at radius 3 is 2.64 bits per heavy atom. The number of nitrogens with one attached hydrogen (secondary N) is 2. The fourth-order valence-electron chi connectivity index (χ4n) is 1.33. The molecule has 0 aromatic heterocycles. The third-order valence-corrected chi connectivity index (χ3v) is 2.06. The monoisotopic (exact) mass is 200 g/mol. The number of carbonyl (C=O) groups excluding carboxylic acids is 2. The number of likely N-dealkylation sites (N-methyl/N-ethyl adjacent to an activating group) is 1. The van der Waals surface area contributed by atoms with Crippen molar-refractivity contribution in [2.24, 2.45) is 0 Å². The van der Waals surface area contributed by atoms with E-state index < -0.39 is 11.8 Å². The number of ether oxygens (including phenoxy) is 1. The number of amides is 2. The van der Waals surface area contributed by atoms with Crippen molar-refractivity contribution in [3.05, 3.63) is 0 Å². The molecule has 1 saturated heterocycles. The van der Waals surface area contributed by atoms with Gasteiger partial charge in [-0.1, -0.05) is 0 Å². The summed E-state index contributed by atoms with van der Waals surface area (Å²) in [5, 5.41) is 4.96. The van der Waals surface area contributed by atoms with Gasteiger partial charge in [0.25, 0.3) is 0 Å². The summed E-state index contributed by atoms with van der Waals surface area (Å²) in [7, 11) is 0. The van der Waals surface area contributed by atoms with E-state index in [-0.39, 0.29) is 6.10 Å². The zero-order chi connectivity index (χ0) is 10.4. The van der Waals surface area contributed by atoms with Crippen molar-refractivity contribution >= 4 is 11.8 Å². The molecule has 5 nitrogen and oxygen atoms in total. The van der Waals surface area contributed by atoms with Crippen LogP contribution in [0.25, 0.3) is 0 Å². The predicted octanol–water partition coefficient (Wildman–Crippen LogP) is -0.582. The van der Waals surface area contributed by atoms with Crippen molar-refractivity contribution in [2.45, 2.75) is 25.9 Å². The van der Waals surface area contributed by atoms with Gasteiger partial charge in [-0.25, -0.2) is 0 Å². The van der Waals surface area contributed by atoms with Gasteiger partial charge < -0.3 is 15.4 Å². The van der Waals surface area contributed by atoms with Crippen LogP contribution in [0.5, 0.6) is 0 Å². The van der Waals surface area contributed by atoms with Crippen LogP contribution in [0.2, 0.25) is 0 Å². The molecule has 14 heavy (non-hydrogen) atoms. The Morgan fingerprint density at radius 1 is 1.36 bits per heavy atom. The summed E-state index contributed by atoms with van der Waals surface area (Å²) < 4.78 is 5.30. The van der Waals surface area contributed by atoms with Crippen molar-refractivity contribution in [1.29, 1.82) is 0 Å². The first-order chi connectivity index (χ1) is 6.74. The lowest BCUT2D eigenvalue weighted by atomic mass is 10.2. The van der Waals surface area contributed by atoms with Crippen molar-refractivity contribution in [2.75, 3.05) is 19.7 Å². The van der Waals surface area contributed by atoms with Crippen molar-refractivity contribution in [3.8, 4) is 0 Å². The molecule has 0 aliphatic carbocycles. The quantitative estimate of drug-likeness (QED) is 0.599. The number of hydrogen-bond donors (Lipinski definition) is 2. The van der Waals surface area contributed by atoms with Crippen LogP contribution < -0.4 is 10.6 Å². The lowest BCUT2D eigenvalue weighted by molar-refractivity contribution is -0.139. The summed E-state index contributed by atoms with van der Waals surface area (Å²) in [6.07, 6.45) is 2.06. The summed E-state index contributed by atoms with van der Waals surface area (Å²) in [6, 6.07) is 0. The summed E-state index contributed by atoms with van der Waals surface area (Å²) in [5.74, 6) is -1.16. The highest BCUT2D eigenvalue weighted by molar-refractivity contribution is 6.35. The van der Waals surface area contributed by atoms with Gasteiger partial charge in [-0.3, -0.25) is 9.59 Å². The Balaban J connectivity index is 2.16. The Bertz CT molecular complexity index is 212. The van der Waals surface area contributed by atoms with Gasteiger partial charge in [-0.2, -0.15) is 0 Å². The van der Waals surface area contributed by atoms with E-state index in [9.17, 15) is 9.59 Å². The smallest absolute Gasteiger partial charge is 0.309 e. The van der Waals surface area contributed by atoms with Crippen LogP contribution in [0.3, 0.4) is 0 Å². The molecule has 1 aliphatic heterocycles. The Labute approximate surface area is 83.2 Å². The number of carbonyl (C=O) groups is 2. The minimum atomic E-state index is -0.581. The molecule has 1 fully saturated rings. The lowest BCUT2D eigenvalue weighted by Gasteiger charge is -2.09.